The largest absolute Gasteiger partial charge is 0.507 e. The molecule has 0 spiro atoms. The number of rotatable bonds is 3. The van der Waals surface area contributed by atoms with Crippen molar-refractivity contribution >= 4 is 10.8 Å². The van der Waals surface area contributed by atoms with Crippen LogP contribution in [0.25, 0.3) is 10.8 Å². The van der Waals surface area contributed by atoms with Gasteiger partial charge in [-0.25, -0.2) is 4.68 Å². The minimum atomic E-state index is -0.00147. The van der Waals surface area contributed by atoms with Gasteiger partial charge in [-0.3, -0.25) is 0 Å². The molecule has 0 radical (unpaired) electrons. The Morgan fingerprint density at radius 1 is 1.00 bits per heavy atom. The van der Waals surface area contributed by atoms with Crippen LogP contribution in [0, 0.1) is 11.8 Å². The van der Waals surface area contributed by atoms with E-state index in [4.69, 9.17) is 0 Å². The van der Waals surface area contributed by atoms with Crippen molar-refractivity contribution in [1.29, 1.82) is 0 Å². The van der Waals surface area contributed by atoms with Gasteiger partial charge in [-0.2, -0.15) is 0 Å². The van der Waals surface area contributed by atoms with E-state index in [2.05, 4.69) is 27.4 Å². The molecule has 0 saturated heterocycles. The van der Waals surface area contributed by atoms with Gasteiger partial charge in [0.15, 0.2) is 0 Å². The molecule has 3 aromatic carbocycles. The average Bonchev–Trinajstić information content (AvgIpc) is 3.20. The minimum Gasteiger partial charge on any atom is -0.507 e. The summed E-state index contributed by atoms with van der Waals surface area (Å²) in [5.41, 5.74) is 2.32. The summed E-state index contributed by atoms with van der Waals surface area (Å²) in [6.45, 7) is 0.171. The Kier molecular flexibility index (Phi) is 4.42. The predicted octanol–water partition coefficient (Wildman–Crippen LogP) is 2.88. The zero-order valence-electron chi connectivity index (χ0n) is 14.4. The minimum absolute atomic E-state index is 0.00147. The van der Waals surface area contributed by atoms with E-state index in [1.807, 2.05) is 48.5 Å². The maximum Gasteiger partial charge on any atom is 0.138 e. The molecule has 2 N–H and O–H groups in total. The van der Waals surface area contributed by atoms with Crippen LogP contribution in [0.5, 0.6) is 11.5 Å². The molecule has 1 heterocycles. The van der Waals surface area contributed by atoms with E-state index >= 15 is 0 Å². The monoisotopic (exact) mass is 356 g/mol. The van der Waals surface area contributed by atoms with E-state index in [1.54, 1.807) is 6.07 Å². The van der Waals surface area contributed by atoms with Gasteiger partial charge in [0.2, 0.25) is 0 Å². The Morgan fingerprint density at radius 3 is 2.63 bits per heavy atom. The zero-order chi connectivity index (χ0) is 18.6. The number of fused-ring (bicyclic) bond motifs is 1. The van der Waals surface area contributed by atoms with Crippen LogP contribution in [-0.4, -0.2) is 30.4 Å². The van der Waals surface area contributed by atoms with Gasteiger partial charge in [-0.15, -0.1) is 5.10 Å². The highest BCUT2D eigenvalue weighted by atomic mass is 16.3. The highest BCUT2D eigenvalue weighted by molar-refractivity contribution is 5.92. The lowest BCUT2D eigenvalue weighted by molar-refractivity contribution is 0.436. The molecule has 132 valence electrons. The van der Waals surface area contributed by atoms with Crippen LogP contribution >= 0.6 is 0 Å². The van der Waals surface area contributed by atoms with Crippen LogP contribution in [0.1, 0.15) is 16.7 Å². The molecule has 0 atom stereocenters. The third-order valence-electron chi connectivity index (χ3n) is 4.28. The van der Waals surface area contributed by atoms with Crippen molar-refractivity contribution in [3.05, 3.63) is 77.6 Å². The molecule has 0 fully saturated rings. The van der Waals surface area contributed by atoms with Gasteiger partial charge in [0.25, 0.3) is 0 Å². The van der Waals surface area contributed by atoms with Gasteiger partial charge >= 0.3 is 0 Å². The van der Waals surface area contributed by atoms with Gasteiger partial charge in [0, 0.05) is 17.4 Å². The number of hydrogen-bond donors (Lipinski definition) is 2. The van der Waals surface area contributed by atoms with Crippen molar-refractivity contribution in [3.63, 3.8) is 0 Å². The molecule has 27 heavy (non-hydrogen) atoms. The lowest BCUT2D eigenvalue weighted by atomic mass is 10.0. The molecule has 4 aromatic rings. The first kappa shape index (κ1) is 16.6. The highest BCUT2D eigenvalue weighted by Crippen LogP contribution is 2.36. The van der Waals surface area contributed by atoms with Crippen molar-refractivity contribution in [2.75, 3.05) is 0 Å². The first-order valence-electron chi connectivity index (χ1n) is 8.42. The fourth-order valence-corrected chi connectivity index (χ4v) is 2.90. The molecule has 6 nitrogen and oxygen atoms in total. The van der Waals surface area contributed by atoms with Crippen LogP contribution in [0.4, 0.5) is 0 Å². The lowest BCUT2D eigenvalue weighted by Crippen LogP contribution is -2.01. The van der Waals surface area contributed by atoms with Crippen LogP contribution in [0.3, 0.4) is 0 Å². The van der Waals surface area contributed by atoms with E-state index in [0.29, 0.717) is 17.4 Å². The average molecular weight is 356 g/mol. The molecule has 0 aliphatic carbocycles. The van der Waals surface area contributed by atoms with Crippen LogP contribution in [0.2, 0.25) is 0 Å². The summed E-state index contributed by atoms with van der Waals surface area (Å²) in [6.07, 6.45) is 2.08. The molecule has 0 aliphatic rings. The maximum absolute atomic E-state index is 10.7. The quantitative estimate of drug-likeness (QED) is 0.552. The lowest BCUT2D eigenvalue weighted by Gasteiger charge is -2.10. The van der Waals surface area contributed by atoms with E-state index in [0.717, 1.165) is 16.5 Å². The van der Waals surface area contributed by atoms with Crippen LogP contribution in [-0.2, 0) is 13.0 Å². The second-order valence-electron chi connectivity index (χ2n) is 6.13. The second-order valence-corrected chi connectivity index (χ2v) is 6.13. The molecule has 4 rings (SSSR count). The summed E-state index contributed by atoms with van der Waals surface area (Å²) in [5.74, 6) is 6.29. The molecule has 0 saturated carbocycles. The standard InChI is InChI=1S/C21H16N4O2/c26-20-12-17-10-9-16(8-4-7-15-5-2-1-3-6-15)11-18(17)21(27)19(20)13-25-14-22-23-24-25/h1-3,5-6,9-12,14,26-27H,7,13H2. The number of phenolic OH excluding ortho intramolecular Hbond substituents is 2. The van der Waals surface area contributed by atoms with Crippen molar-refractivity contribution in [2.45, 2.75) is 13.0 Å². The predicted molar refractivity (Wildman–Crippen MR) is 101 cm³/mol. The highest BCUT2D eigenvalue weighted by Gasteiger charge is 2.14. The molecule has 0 amide bonds. The number of aromatic hydroxyl groups is 2. The Morgan fingerprint density at radius 2 is 1.85 bits per heavy atom. The number of nitrogens with zero attached hydrogens (tertiary/aromatic N) is 4. The zero-order valence-corrected chi connectivity index (χ0v) is 14.4. The van der Waals surface area contributed by atoms with Crippen molar-refractivity contribution < 1.29 is 10.2 Å². The third kappa shape index (κ3) is 3.58. The summed E-state index contributed by atoms with van der Waals surface area (Å²) < 4.78 is 1.43. The molecule has 0 unspecified atom stereocenters. The molecular weight excluding hydrogens is 340 g/mol. The number of hydrogen-bond acceptors (Lipinski definition) is 5. The molecule has 1 aromatic heterocycles. The van der Waals surface area contributed by atoms with E-state index in [9.17, 15) is 10.2 Å². The summed E-state index contributed by atoms with van der Waals surface area (Å²) >= 11 is 0. The van der Waals surface area contributed by atoms with E-state index in [-0.39, 0.29) is 18.0 Å². The van der Waals surface area contributed by atoms with Crippen molar-refractivity contribution in [3.8, 4) is 23.3 Å². The molecular formula is C21H16N4O2. The molecule has 6 heteroatoms. The van der Waals surface area contributed by atoms with Crippen molar-refractivity contribution in [2.24, 2.45) is 0 Å². The summed E-state index contributed by atoms with van der Waals surface area (Å²) in [6, 6.07) is 17.2. The SMILES string of the molecule is Oc1cc2ccc(C#CCc3ccccc3)cc2c(O)c1Cn1cnnn1. The van der Waals surface area contributed by atoms with Gasteiger partial charge in [-0.05, 0) is 39.6 Å². The third-order valence-corrected chi connectivity index (χ3v) is 4.28. The Bertz CT molecular complexity index is 1140. The van der Waals surface area contributed by atoms with Gasteiger partial charge in [0.1, 0.15) is 17.8 Å². The first-order chi connectivity index (χ1) is 13.2. The topological polar surface area (TPSA) is 84.1 Å². The Hall–Kier alpha value is -3.85. The fourth-order valence-electron chi connectivity index (χ4n) is 2.90. The summed E-state index contributed by atoms with van der Waals surface area (Å²) in [5, 5.41) is 33.2. The van der Waals surface area contributed by atoms with Gasteiger partial charge in [-0.1, -0.05) is 48.2 Å². The Balaban J connectivity index is 1.67. The number of benzene rings is 3. The Labute approximate surface area is 155 Å². The smallest absolute Gasteiger partial charge is 0.138 e. The van der Waals surface area contributed by atoms with E-state index < -0.39 is 0 Å². The van der Waals surface area contributed by atoms with E-state index in [1.165, 1.54) is 11.0 Å². The number of tetrazole rings is 1. The normalized spacial score (nSPS) is 10.5. The van der Waals surface area contributed by atoms with Gasteiger partial charge in [0.05, 0.1) is 12.1 Å². The number of aromatic nitrogens is 4. The maximum atomic E-state index is 10.7. The van der Waals surface area contributed by atoms with Crippen LogP contribution < -0.4 is 0 Å². The number of phenols is 2. The van der Waals surface area contributed by atoms with Crippen LogP contribution in [0.15, 0.2) is 60.9 Å². The fraction of sp³-hybridized carbons (Fsp3) is 0.0952. The molecule has 0 aliphatic heterocycles. The summed E-state index contributed by atoms with van der Waals surface area (Å²) in [7, 11) is 0. The van der Waals surface area contributed by atoms with Gasteiger partial charge < -0.3 is 10.2 Å². The first-order valence-corrected chi connectivity index (χ1v) is 8.42. The van der Waals surface area contributed by atoms with Crippen molar-refractivity contribution in [1.82, 2.24) is 20.2 Å². The second kappa shape index (κ2) is 7.18. The molecule has 0 bridgehead atoms. The summed E-state index contributed by atoms with van der Waals surface area (Å²) in [4.78, 5) is 0.